The van der Waals surface area contributed by atoms with E-state index < -0.39 is 12.1 Å². The van der Waals surface area contributed by atoms with Gasteiger partial charge in [0.05, 0.1) is 44.6 Å². The van der Waals surface area contributed by atoms with Crippen LogP contribution in [0, 0.1) is 51.2 Å². The van der Waals surface area contributed by atoms with Gasteiger partial charge in [-0.3, -0.25) is 4.90 Å². The van der Waals surface area contributed by atoms with E-state index in [1.807, 2.05) is 0 Å². The van der Waals surface area contributed by atoms with Crippen LogP contribution in [0.2, 0.25) is 0 Å². The first-order valence-corrected chi connectivity index (χ1v) is 16.6. The van der Waals surface area contributed by atoms with E-state index in [9.17, 15) is 9.90 Å². The lowest BCUT2D eigenvalue weighted by molar-refractivity contribution is -0.253. The Balaban J connectivity index is 0.997. The molecule has 11 unspecified atom stereocenters. The van der Waals surface area contributed by atoms with Gasteiger partial charge in [-0.2, -0.15) is 0 Å². The van der Waals surface area contributed by atoms with Crippen LogP contribution in [0.3, 0.4) is 0 Å². The molecule has 40 heavy (non-hydrogen) atoms. The third-order valence-corrected chi connectivity index (χ3v) is 14.6. The number of carbonyl (C=O) groups is 1. The fraction of sp³-hybridized carbons (Fsp3) is 0.970. The van der Waals surface area contributed by atoms with E-state index >= 15 is 0 Å². The van der Waals surface area contributed by atoms with Crippen molar-refractivity contribution in [1.82, 2.24) is 4.90 Å². The fourth-order valence-electron chi connectivity index (χ4n) is 12.9. The summed E-state index contributed by atoms with van der Waals surface area (Å²) in [4.78, 5) is 14.4. The van der Waals surface area contributed by atoms with Crippen LogP contribution in [0.5, 0.6) is 0 Å². The van der Waals surface area contributed by atoms with Gasteiger partial charge in [-0.25, -0.2) is 4.79 Å². The molecular weight excluding hydrogens is 506 g/mol. The zero-order valence-electron chi connectivity index (χ0n) is 25.1. The minimum Gasteiger partial charge on any atom is -0.479 e. The number of nitrogens with zero attached hydrogens (tertiary/aromatic N) is 1. The van der Waals surface area contributed by atoms with Crippen LogP contribution in [-0.4, -0.2) is 79.5 Å². The summed E-state index contributed by atoms with van der Waals surface area (Å²) in [7, 11) is 0. The Labute approximate surface area is 240 Å². The Kier molecular flexibility index (Phi) is 5.98. The maximum Gasteiger partial charge on any atom is 0.332 e. The summed E-state index contributed by atoms with van der Waals surface area (Å²) in [5.74, 6) is 2.35. The molecule has 0 radical (unpaired) electrons. The maximum absolute atomic E-state index is 11.9. The molecule has 0 aromatic carbocycles. The largest absolute Gasteiger partial charge is 0.479 e. The summed E-state index contributed by atoms with van der Waals surface area (Å²) >= 11 is 0. The molecule has 1 N–H and O–H groups in total. The molecule has 7 nitrogen and oxygen atoms in total. The molecule has 0 bridgehead atoms. The number of rotatable bonds is 4. The third kappa shape index (κ3) is 3.51. The average Bonchev–Trinajstić information content (AvgIpc) is 3.44. The van der Waals surface area contributed by atoms with E-state index in [-0.39, 0.29) is 23.9 Å². The SMILES string of the molecule is C[C@@H]1CC(C(=O)O)OC2CC3C4CCC5C(C)(C)C(OC6CN(C7COC7)CCO6)CCC56CC46CCC3(C)C21. The van der Waals surface area contributed by atoms with Crippen LogP contribution in [0.4, 0.5) is 0 Å². The van der Waals surface area contributed by atoms with Crippen LogP contribution >= 0.6 is 0 Å². The number of fused-ring (bicyclic) bond motifs is 4. The van der Waals surface area contributed by atoms with Gasteiger partial charge in [0.15, 0.2) is 12.4 Å². The Hall–Kier alpha value is -0.730. The number of aliphatic carboxylic acids is 1. The monoisotopic (exact) mass is 557 g/mol. The Bertz CT molecular complexity index is 1050. The van der Waals surface area contributed by atoms with Crippen LogP contribution in [-0.2, 0) is 23.7 Å². The van der Waals surface area contributed by atoms with Crippen molar-refractivity contribution in [3.8, 4) is 0 Å². The molecule has 5 saturated carbocycles. The van der Waals surface area contributed by atoms with Crippen molar-refractivity contribution in [1.29, 1.82) is 0 Å². The van der Waals surface area contributed by atoms with Gasteiger partial charge < -0.3 is 24.1 Å². The van der Waals surface area contributed by atoms with Crippen molar-refractivity contribution in [2.24, 2.45) is 51.2 Å². The van der Waals surface area contributed by atoms with E-state index in [1.54, 1.807) is 0 Å². The Morgan fingerprint density at radius 3 is 2.58 bits per heavy atom. The molecule has 0 aromatic heterocycles. The van der Waals surface area contributed by atoms with Crippen molar-refractivity contribution in [3.63, 3.8) is 0 Å². The number of hydrogen-bond donors (Lipinski definition) is 1. The number of ether oxygens (including phenoxy) is 4. The molecule has 3 heterocycles. The molecule has 2 spiro atoms. The van der Waals surface area contributed by atoms with Gasteiger partial charge in [-0.05, 0) is 109 Å². The first kappa shape index (κ1) is 26.9. The van der Waals surface area contributed by atoms with Gasteiger partial charge in [0.2, 0.25) is 0 Å². The second kappa shape index (κ2) is 8.90. The van der Waals surface area contributed by atoms with Crippen LogP contribution in [0.1, 0.15) is 85.5 Å². The standard InChI is InChI=1S/C33H51NO6/c1-19-13-24(29(35)36)39-23-14-22-21-5-6-25-30(2,3)26(40-27-15-34(11-12-38-27)20-16-37-17-20)7-8-33(25)18-32(21,33)10-9-31(22,4)28(19)23/h19-28H,5-18H2,1-4H3,(H,35,36)/t19-,21?,22?,23?,24?,25?,26?,27?,28?,31?,32?,33?/m1/s1. The fourth-order valence-corrected chi connectivity index (χ4v) is 12.9. The lowest BCUT2D eigenvalue weighted by atomic mass is 9.46. The minimum absolute atomic E-state index is 0.119. The van der Waals surface area contributed by atoms with Gasteiger partial charge in [0, 0.05) is 6.54 Å². The number of morpholine rings is 1. The summed E-state index contributed by atoms with van der Waals surface area (Å²) < 4.78 is 24.8. The molecule has 3 aliphatic heterocycles. The van der Waals surface area contributed by atoms with Crippen LogP contribution in [0.25, 0.3) is 0 Å². The summed E-state index contributed by atoms with van der Waals surface area (Å²) in [5, 5.41) is 9.74. The van der Waals surface area contributed by atoms with Crippen LogP contribution in [0.15, 0.2) is 0 Å². The zero-order valence-corrected chi connectivity index (χ0v) is 25.1. The van der Waals surface area contributed by atoms with Gasteiger partial charge in [-0.1, -0.05) is 27.7 Å². The van der Waals surface area contributed by atoms with E-state index in [2.05, 4.69) is 32.6 Å². The zero-order chi connectivity index (χ0) is 27.7. The number of carboxylic acid groups (broad SMARTS) is 1. The van der Waals surface area contributed by atoms with Crippen molar-refractivity contribution in [2.75, 3.05) is 32.9 Å². The third-order valence-electron chi connectivity index (χ3n) is 14.6. The Morgan fingerprint density at radius 2 is 1.82 bits per heavy atom. The summed E-state index contributed by atoms with van der Waals surface area (Å²) in [5.41, 5.74) is 1.42. The number of hydrogen-bond acceptors (Lipinski definition) is 6. The molecule has 8 aliphatic rings. The van der Waals surface area contributed by atoms with Crippen molar-refractivity contribution < 1.29 is 28.8 Å². The summed E-state index contributed by atoms with van der Waals surface area (Å²) in [6, 6.07) is 0.541. The minimum atomic E-state index is -0.770. The molecule has 5 aliphatic carbocycles. The molecular formula is C33H51NO6. The molecule has 3 saturated heterocycles. The molecule has 8 rings (SSSR count). The topological polar surface area (TPSA) is 77.5 Å². The molecule has 0 aromatic rings. The molecule has 7 heteroatoms. The van der Waals surface area contributed by atoms with Gasteiger partial charge >= 0.3 is 5.97 Å². The lowest BCUT2D eigenvalue weighted by Crippen LogP contribution is -2.58. The highest BCUT2D eigenvalue weighted by Crippen LogP contribution is 2.87. The smallest absolute Gasteiger partial charge is 0.332 e. The highest BCUT2D eigenvalue weighted by atomic mass is 16.7. The first-order chi connectivity index (χ1) is 19.1. The van der Waals surface area contributed by atoms with Crippen molar-refractivity contribution >= 4 is 5.97 Å². The van der Waals surface area contributed by atoms with Crippen LogP contribution < -0.4 is 0 Å². The normalized spacial score (nSPS) is 55.1. The Morgan fingerprint density at radius 1 is 1.00 bits per heavy atom. The van der Waals surface area contributed by atoms with Crippen molar-refractivity contribution in [2.45, 2.75) is 116 Å². The van der Waals surface area contributed by atoms with E-state index in [0.29, 0.717) is 52.4 Å². The van der Waals surface area contributed by atoms with Crippen molar-refractivity contribution in [3.05, 3.63) is 0 Å². The number of carboxylic acids is 1. The summed E-state index contributed by atoms with van der Waals surface area (Å²) in [6.07, 6.45) is 10.6. The molecule has 12 atom stereocenters. The highest BCUT2D eigenvalue weighted by molar-refractivity contribution is 5.72. The van der Waals surface area contributed by atoms with Gasteiger partial charge in [0.1, 0.15) is 0 Å². The van der Waals surface area contributed by atoms with Gasteiger partial charge in [0.25, 0.3) is 0 Å². The lowest BCUT2D eigenvalue weighted by Gasteiger charge is -2.60. The second-order valence-electron chi connectivity index (χ2n) is 16.3. The molecule has 0 amide bonds. The van der Waals surface area contributed by atoms with E-state index in [1.165, 1.54) is 38.5 Å². The van der Waals surface area contributed by atoms with E-state index in [0.717, 1.165) is 51.7 Å². The summed E-state index contributed by atoms with van der Waals surface area (Å²) in [6.45, 7) is 14.2. The highest BCUT2D eigenvalue weighted by Gasteiger charge is 2.81. The second-order valence-corrected chi connectivity index (χ2v) is 16.3. The molecule has 224 valence electrons. The molecule has 8 fully saturated rings. The first-order valence-electron chi connectivity index (χ1n) is 16.6. The average molecular weight is 558 g/mol. The van der Waals surface area contributed by atoms with E-state index in [4.69, 9.17) is 18.9 Å². The van der Waals surface area contributed by atoms with Gasteiger partial charge in [-0.15, -0.1) is 0 Å². The predicted octanol–water partition coefficient (Wildman–Crippen LogP) is 4.97. The maximum atomic E-state index is 11.9. The quantitative estimate of drug-likeness (QED) is 0.523. The predicted molar refractivity (Wildman–Crippen MR) is 149 cm³/mol.